The highest BCUT2D eigenvalue weighted by atomic mass is 16.6. The van der Waals surface area contributed by atoms with Crippen molar-refractivity contribution in [2.45, 2.75) is 6.61 Å². The summed E-state index contributed by atoms with van der Waals surface area (Å²) in [5.41, 5.74) is 1.42. The van der Waals surface area contributed by atoms with Gasteiger partial charge in [-0.1, -0.05) is 5.16 Å². The lowest BCUT2D eigenvalue weighted by molar-refractivity contribution is 0.0456. The summed E-state index contributed by atoms with van der Waals surface area (Å²) >= 11 is 0. The molecule has 2 aromatic heterocycles. The Morgan fingerprint density at radius 2 is 2.00 bits per heavy atom. The van der Waals surface area contributed by atoms with Gasteiger partial charge in [0, 0.05) is 24.0 Å². The minimum atomic E-state index is -0.572. The number of ether oxygens (including phenoxy) is 3. The van der Waals surface area contributed by atoms with E-state index in [1.54, 1.807) is 6.07 Å². The first-order chi connectivity index (χ1) is 12.3. The van der Waals surface area contributed by atoms with Crippen molar-refractivity contribution >= 4 is 5.97 Å². The molecule has 0 unspecified atom stereocenters. The molecule has 1 aliphatic heterocycles. The molecule has 0 atom stereocenters. The molecule has 25 heavy (non-hydrogen) atoms. The van der Waals surface area contributed by atoms with Crippen LogP contribution in [-0.4, -0.2) is 34.3 Å². The molecule has 4 rings (SSSR count). The lowest BCUT2D eigenvalue weighted by atomic mass is 10.1. The Kier molecular flexibility index (Phi) is 3.99. The number of aromatic nitrogens is 3. The van der Waals surface area contributed by atoms with E-state index in [1.165, 1.54) is 18.6 Å². The Balaban J connectivity index is 1.44. The van der Waals surface area contributed by atoms with Gasteiger partial charge in [-0.15, -0.1) is 0 Å². The van der Waals surface area contributed by atoms with Crippen LogP contribution in [0.25, 0.3) is 11.3 Å². The van der Waals surface area contributed by atoms with Crippen molar-refractivity contribution in [3.05, 3.63) is 54.2 Å². The molecule has 0 saturated heterocycles. The molecule has 0 bridgehead atoms. The van der Waals surface area contributed by atoms with E-state index >= 15 is 0 Å². The monoisotopic (exact) mass is 339 g/mol. The molecular weight excluding hydrogens is 326 g/mol. The Morgan fingerprint density at radius 3 is 2.84 bits per heavy atom. The number of benzene rings is 1. The van der Waals surface area contributed by atoms with E-state index in [2.05, 4.69) is 15.1 Å². The van der Waals surface area contributed by atoms with Gasteiger partial charge in [0.2, 0.25) is 0 Å². The van der Waals surface area contributed by atoms with Crippen molar-refractivity contribution in [2.24, 2.45) is 0 Å². The van der Waals surface area contributed by atoms with Gasteiger partial charge in [0.15, 0.2) is 23.0 Å². The zero-order valence-corrected chi connectivity index (χ0v) is 13.0. The van der Waals surface area contributed by atoms with Crippen LogP contribution in [0.3, 0.4) is 0 Å². The minimum absolute atomic E-state index is 0.0243. The maximum absolute atomic E-state index is 11.8. The number of esters is 1. The molecule has 8 heteroatoms. The molecule has 0 amide bonds. The second-order valence-electron chi connectivity index (χ2n) is 5.21. The van der Waals surface area contributed by atoms with E-state index in [0.29, 0.717) is 36.2 Å². The third kappa shape index (κ3) is 3.27. The van der Waals surface area contributed by atoms with Crippen LogP contribution in [0.2, 0.25) is 0 Å². The van der Waals surface area contributed by atoms with Crippen LogP contribution in [0.15, 0.2) is 47.4 Å². The van der Waals surface area contributed by atoms with E-state index in [-0.39, 0.29) is 12.3 Å². The number of carbonyl (C=O) groups excluding carboxylic acids is 1. The molecule has 0 fully saturated rings. The van der Waals surface area contributed by atoms with E-state index in [0.717, 1.165) is 5.56 Å². The molecule has 1 aliphatic rings. The van der Waals surface area contributed by atoms with Crippen LogP contribution < -0.4 is 9.47 Å². The predicted octanol–water partition coefficient (Wildman–Crippen LogP) is 2.26. The van der Waals surface area contributed by atoms with Gasteiger partial charge in [0.1, 0.15) is 25.5 Å². The summed E-state index contributed by atoms with van der Waals surface area (Å²) in [5, 5.41) is 3.91. The summed E-state index contributed by atoms with van der Waals surface area (Å²) in [4.78, 5) is 19.5. The highest BCUT2D eigenvalue weighted by molar-refractivity contribution is 5.86. The normalized spacial score (nSPS) is 12.6. The van der Waals surface area contributed by atoms with Crippen molar-refractivity contribution in [3.63, 3.8) is 0 Å². The van der Waals surface area contributed by atoms with Crippen molar-refractivity contribution in [3.8, 4) is 22.8 Å². The van der Waals surface area contributed by atoms with E-state index in [1.807, 2.05) is 18.2 Å². The zero-order valence-electron chi connectivity index (χ0n) is 13.0. The third-order valence-corrected chi connectivity index (χ3v) is 3.51. The van der Waals surface area contributed by atoms with Gasteiger partial charge in [-0.2, -0.15) is 0 Å². The first kappa shape index (κ1) is 15.1. The van der Waals surface area contributed by atoms with Crippen molar-refractivity contribution in [2.75, 3.05) is 13.2 Å². The molecule has 3 aromatic rings. The molecule has 8 nitrogen and oxygen atoms in total. The molecule has 0 saturated carbocycles. The van der Waals surface area contributed by atoms with Crippen molar-refractivity contribution < 1.29 is 23.5 Å². The summed E-state index contributed by atoms with van der Waals surface area (Å²) in [6.07, 6.45) is 4.24. The maximum Gasteiger partial charge on any atom is 0.358 e. The summed E-state index contributed by atoms with van der Waals surface area (Å²) in [5.74, 6) is 1.34. The molecule has 0 spiro atoms. The molecule has 0 radical (unpaired) electrons. The van der Waals surface area contributed by atoms with Crippen molar-refractivity contribution in [1.82, 2.24) is 15.1 Å². The third-order valence-electron chi connectivity index (χ3n) is 3.51. The quantitative estimate of drug-likeness (QED) is 0.668. The van der Waals surface area contributed by atoms with Gasteiger partial charge in [-0.3, -0.25) is 4.98 Å². The maximum atomic E-state index is 11.8. The molecule has 126 valence electrons. The largest absolute Gasteiger partial charge is 0.486 e. The smallest absolute Gasteiger partial charge is 0.358 e. The number of carbonyl (C=O) groups is 1. The first-order valence-corrected chi connectivity index (χ1v) is 7.58. The predicted molar refractivity (Wildman–Crippen MR) is 84.1 cm³/mol. The number of nitrogens with zero attached hydrogens (tertiary/aromatic N) is 3. The van der Waals surface area contributed by atoms with Gasteiger partial charge in [0.25, 0.3) is 0 Å². The summed E-state index contributed by atoms with van der Waals surface area (Å²) in [6, 6.07) is 7.20. The lowest BCUT2D eigenvalue weighted by Gasteiger charge is -2.18. The fourth-order valence-electron chi connectivity index (χ4n) is 2.33. The van der Waals surface area contributed by atoms with Crippen LogP contribution in [0.4, 0.5) is 0 Å². The van der Waals surface area contributed by atoms with Gasteiger partial charge < -0.3 is 18.7 Å². The molecule has 0 N–H and O–H groups in total. The van der Waals surface area contributed by atoms with Crippen LogP contribution in [0, 0.1) is 0 Å². The van der Waals surface area contributed by atoms with E-state index < -0.39 is 5.97 Å². The average molecular weight is 339 g/mol. The SMILES string of the molecule is O=C(OCc1cc(-c2ccc3c(c2)OCCO3)on1)c1cnccn1. The van der Waals surface area contributed by atoms with Gasteiger partial charge in [-0.05, 0) is 18.2 Å². The highest BCUT2D eigenvalue weighted by Crippen LogP contribution is 2.34. The van der Waals surface area contributed by atoms with Gasteiger partial charge in [0.05, 0.1) is 6.20 Å². The first-order valence-electron chi connectivity index (χ1n) is 7.58. The molecule has 1 aromatic carbocycles. The number of rotatable bonds is 4. The Hall–Kier alpha value is -3.42. The van der Waals surface area contributed by atoms with Crippen LogP contribution in [0.5, 0.6) is 11.5 Å². The summed E-state index contributed by atoms with van der Waals surface area (Å²) in [6.45, 7) is 1.02. The standard InChI is InChI=1S/C17H13N3O5/c21-17(13-9-18-3-4-19-13)24-10-12-8-15(25-20-12)11-1-2-14-16(7-11)23-6-5-22-14/h1-4,7-9H,5-6,10H2. The summed E-state index contributed by atoms with van der Waals surface area (Å²) < 4.78 is 21.5. The Labute approximate surface area is 142 Å². The Morgan fingerprint density at radius 1 is 1.12 bits per heavy atom. The van der Waals surface area contributed by atoms with Gasteiger partial charge in [-0.25, -0.2) is 9.78 Å². The second kappa shape index (κ2) is 6.60. The number of hydrogen-bond donors (Lipinski definition) is 0. The fourth-order valence-corrected chi connectivity index (χ4v) is 2.33. The molecule has 3 heterocycles. The fraction of sp³-hybridized carbons (Fsp3) is 0.176. The zero-order chi connectivity index (χ0) is 17.1. The molecule has 0 aliphatic carbocycles. The van der Waals surface area contributed by atoms with Crippen LogP contribution >= 0.6 is 0 Å². The molecular formula is C17H13N3O5. The van der Waals surface area contributed by atoms with Crippen LogP contribution in [0.1, 0.15) is 16.2 Å². The van der Waals surface area contributed by atoms with Crippen LogP contribution in [-0.2, 0) is 11.3 Å². The second-order valence-corrected chi connectivity index (χ2v) is 5.21. The van der Waals surface area contributed by atoms with E-state index in [9.17, 15) is 4.79 Å². The van der Waals surface area contributed by atoms with E-state index in [4.69, 9.17) is 18.7 Å². The number of hydrogen-bond acceptors (Lipinski definition) is 8. The minimum Gasteiger partial charge on any atom is -0.486 e. The number of fused-ring (bicyclic) bond motifs is 1. The topological polar surface area (TPSA) is 96.6 Å². The lowest BCUT2D eigenvalue weighted by Crippen LogP contribution is -2.15. The Bertz CT molecular complexity index is 894. The summed E-state index contributed by atoms with van der Waals surface area (Å²) in [7, 11) is 0. The average Bonchev–Trinajstić information content (AvgIpc) is 3.15. The van der Waals surface area contributed by atoms with Gasteiger partial charge >= 0.3 is 5.97 Å². The highest BCUT2D eigenvalue weighted by Gasteiger charge is 2.16. The van der Waals surface area contributed by atoms with Crippen molar-refractivity contribution in [1.29, 1.82) is 0 Å².